The zero-order chi connectivity index (χ0) is 22.6. The van der Waals surface area contributed by atoms with Gasteiger partial charge in [-0.3, -0.25) is 14.9 Å². The van der Waals surface area contributed by atoms with Gasteiger partial charge in [-0.25, -0.2) is 4.39 Å². The van der Waals surface area contributed by atoms with Gasteiger partial charge in [0.1, 0.15) is 11.9 Å². The van der Waals surface area contributed by atoms with E-state index in [1.807, 2.05) is 0 Å². The Hall–Kier alpha value is -2.94. The number of amides is 2. The lowest BCUT2D eigenvalue weighted by atomic mass is 10.1. The first-order chi connectivity index (χ1) is 14.7. The van der Waals surface area contributed by atoms with Crippen LogP contribution in [0.25, 0.3) is 0 Å². The molecule has 166 valence electrons. The number of aryl methyl sites for hydroxylation is 1. The second-order valence-electron chi connectivity index (χ2n) is 7.40. The summed E-state index contributed by atoms with van der Waals surface area (Å²) in [5.74, 6) is -1.28. The van der Waals surface area contributed by atoms with Crippen LogP contribution in [-0.4, -0.2) is 60.5 Å². The van der Waals surface area contributed by atoms with E-state index < -0.39 is 30.5 Å². The number of nitrogens with one attached hydrogen (secondary N) is 1. The third-order valence-electron chi connectivity index (χ3n) is 5.26. The van der Waals surface area contributed by atoms with Crippen molar-refractivity contribution in [2.24, 2.45) is 0 Å². The molecule has 1 aliphatic rings. The van der Waals surface area contributed by atoms with Crippen molar-refractivity contribution in [3.63, 3.8) is 0 Å². The molecule has 9 heteroatoms. The first kappa shape index (κ1) is 22.7. The van der Waals surface area contributed by atoms with Gasteiger partial charge in [-0.05, 0) is 30.2 Å². The van der Waals surface area contributed by atoms with E-state index in [0.717, 1.165) is 0 Å². The van der Waals surface area contributed by atoms with Crippen molar-refractivity contribution in [3.05, 3.63) is 71.0 Å². The Morgan fingerprint density at radius 2 is 1.61 bits per heavy atom. The average molecular weight is 437 g/mol. The van der Waals surface area contributed by atoms with Crippen LogP contribution in [0, 0.1) is 12.7 Å². The van der Waals surface area contributed by atoms with Gasteiger partial charge in [-0.1, -0.05) is 36.4 Å². The number of carbonyl (C=O) groups excluding carboxylic acids is 2. The van der Waals surface area contributed by atoms with Crippen LogP contribution in [0.1, 0.15) is 27.5 Å². The van der Waals surface area contributed by atoms with Crippen LogP contribution in [0.4, 0.5) is 17.6 Å². The highest BCUT2D eigenvalue weighted by Gasteiger charge is 2.41. The molecule has 0 aromatic heterocycles. The summed E-state index contributed by atoms with van der Waals surface area (Å²) in [6.45, 7) is 1.97. The molecule has 0 bridgehead atoms. The molecule has 5 nitrogen and oxygen atoms in total. The van der Waals surface area contributed by atoms with Crippen LogP contribution in [0.3, 0.4) is 0 Å². The van der Waals surface area contributed by atoms with E-state index in [0.29, 0.717) is 5.56 Å². The summed E-state index contributed by atoms with van der Waals surface area (Å²) >= 11 is 0. The van der Waals surface area contributed by atoms with Gasteiger partial charge in [0.2, 0.25) is 5.91 Å². The molecular weight excluding hydrogens is 414 g/mol. The molecule has 0 radical (unpaired) electrons. The van der Waals surface area contributed by atoms with E-state index >= 15 is 0 Å². The lowest BCUT2D eigenvalue weighted by molar-refractivity contribution is -0.159. The maximum Gasteiger partial charge on any atom is 0.407 e. The van der Waals surface area contributed by atoms with Crippen LogP contribution < -0.4 is 5.32 Å². The lowest BCUT2D eigenvalue weighted by Gasteiger charge is -2.35. The summed E-state index contributed by atoms with van der Waals surface area (Å²) in [7, 11) is 0. The zero-order valence-corrected chi connectivity index (χ0v) is 17.0. The first-order valence-electron chi connectivity index (χ1n) is 9.85. The summed E-state index contributed by atoms with van der Waals surface area (Å²) in [5.41, 5.74) is 0.691. The van der Waals surface area contributed by atoms with Crippen molar-refractivity contribution in [2.75, 3.05) is 32.7 Å². The molecule has 2 aromatic rings. The number of carbonyl (C=O) groups is 2. The predicted molar refractivity (Wildman–Crippen MR) is 107 cm³/mol. The van der Waals surface area contributed by atoms with E-state index in [-0.39, 0.29) is 43.2 Å². The molecule has 31 heavy (non-hydrogen) atoms. The molecule has 1 aliphatic heterocycles. The fourth-order valence-electron chi connectivity index (χ4n) is 3.44. The topological polar surface area (TPSA) is 52.7 Å². The summed E-state index contributed by atoms with van der Waals surface area (Å²) in [4.78, 5) is 27.9. The number of halogens is 4. The Labute approximate surface area is 177 Å². The average Bonchev–Trinajstić information content (AvgIpc) is 2.75. The number of piperazine rings is 1. The van der Waals surface area contributed by atoms with Crippen molar-refractivity contribution in [2.45, 2.75) is 19.1 Å². The fraction of sp³-hybridized carbons (Fsp3) is 0.364. The van der Waals surface area contributed by atoms with Crippen LogP contribution >= 0.6 is 0 Å². The van der Waals surface area contributed by atoms with E-state index in [9.17, 15) is 27.2 Å². The van der Waals surface area contributed by atoms with E-state index in [1.54, 1.807) is 19.1 Å². The van der Waals surface area contributed by atoms with E-state index in [2.05, 4.69) is 5.32 Å². The molecule has 2 amide bonds. The molecule has 3 rings (SSSR count). The van der Waals surface area contributed by atoms with Gasteiger partial charge in [-0.15, -0.1) is 0 Å². The van der Waals surface area contributed by atoms with Crippen LogP contribution in [0.15, 0.2) is 48.5 Å². The Morgan fingerprint density at radius 1 is 1.00 bits per heavy atom. The third-order valence-corrected chi connectivity index (χ3v) is 5.26. The third kappa shape index (κ3) is 5.61. The molecular formula is C22H23F4N3O2. The summed E-state index contributed by atoms with van der Waals surface area (Å²) < 4.78 is 53.9. The standard InChI is InChI=1S/C22H23F4N3O2/c1-15-7-8-17(13-18(15)23)21(31)29-11-9-28(10-12-29)19(30)14-27-20(22(24,25)26)16-5-3-2-4-6-16/h2-8,13,20,27H,9-12,14H2,1H3. The minimum Gasteiger partial charge on any atom is -0.338 e. The predicted octanol–water partition coefficient (Wildman–Crippen LogP) is 3.31. The van der Waals surface area contributed by atoms with Crippen molar-refractivity contribution in [1.82, 2.24) is 15.1 Å². The Bertz CT molecular complexity index is 926. The van der Waals surface area contributed by atoms with Crippen LogP contribution in [0.2, 0.25) is 0 Å². The second kappa shape index (κ2) is 9.47. The molecule has 0 saturated carbocycles. The normalized spacial score (nSPS) is 15.6. The summed E-state index contributed by atoms with van der Waals surface area (Å²) in [6, 6.07) is 9.65. The number of hydrogen-bond donors (Lipinski definition) is 1. The van der Waals surface area contributed by atoms with Gasteiger partial charge in [0.25, 0.3) is 5.91 Å². The van der Waals surface area contributed by atoms with Crippen molar-refractivity contribution in [3.8, 4) is 0 Å². The summed E-state index contributed by atoms with van der Waals surface area (Å²) in [6.07, 6.45) is -4.55. The molecule has 1 N–H and O–H groups in total. The molecule has 1 unspecified atom stereocenters. The Morgan fingerprint density at radius 3 is 2.19 bits per heavy atom. The van der Waals surface area contributed by atoms with Crippen LogP contribution in [0.5, 0.6) is 0 Å². The van der Waals surface area contributed by atoms with Crippen LogP contribution in [-0.2, 0) is 4.79 Å². The van der Waals surface area contributed by atoms with Crippen molar-refractivity contribution < 1.29 is 27.2 Å². The number of rotatable bonds is 5. The van der Waals surface area contributed by atoms with Gasteiger partial charge in [0.15, 0.2) is 0 Å². The molecule has 1 fully saturated rings. The highest BCUT2D eigenvalue weighted by Crippen LogP contribution is 2.32. The maximum atomic E-state index is 13.7. The molecule has 0 aliphatic carbocycles. The number of alkyl halides is 3. The largest absolute Gasteiger partial charge is 0.407 e. The van der Waals surface area contributed by atoms with Gasteiger partial charge in [0, 0.05) is 31.7 Å². The van der Waals surface area contributed by atoms with E-state index in [1.165, 1.54) is 46.2 Å². The maximum absolute atomic E-state index is 13.7. The van der Waals surface area contributed by atoms with Gasteiger partial charge in [0.05, 0.1) is 6.54 Å². The Kier molecular flexibility index (Phi) is 6.94. The minimum absolute atomic E-state index is 0.0311. The number of hydrogen-bond acceptors (Lipinski definition) is 3. The summed E-state index contributed by atoms with van der Waals surface area (Å²) in [5, 5.41) is 2.31. The highest BCUT2D eigenvalue weighted by molar-refractivity contribution is 5.94. The quantitative estimate of drug-likeness (QED) is 0.731. The lowest BCUT2D eigenvalue weighted by Crippen LogP contribution is -2.53. The van der Waals surface area contributed by atoms with Gasteiger partial charge >= 0.3 is 6.18 Å². The number of nitrogens with zero attached hydrogens (tertiary/aromatic N) is 2. The highest BCUT2D eigenvalue weighted by atomic mass is 19.4. The second-order valence-corrected chi connectivity index (χ2v) is 7.40. The molecule has 1 saturated heterocycles. The molecule has 1 heterocycles. The monoisotopic (exact) mass is 437 g/mol. The van der Waals surface area contributed by atoms with Gasteiger partial charge < -0.3 is 9.80 Å². The smallest absolute Gasteiger partial charge is 0.338 e. The van der Waals surface area contributed by atoms with Gasteiger partial charge in [-0.2, -0.15) is 13.2 Å². The molecule has 0 spiro atoms. The fourth-order valence-corrected chi connectivity index (χ4v) is 3.44. The first-order valence-corrected chi connectivity index (χ1v) is 9.85. The zero-order valence-electron chi connectivity index (χ0n) is 17.0. The minimum atomic E-state index is -4.55. The van der Waals surface area contributed by atoms with E-state index in [4.69, 9.17) is 0 Å². The Balaban J connectivity index is 1.55. The molecule has 1 atom stereocenters. The van der Waals surface area contributed by atoms with Crippen molar-refractivity contribution in [1.29, 1.82) is 0 Å². The van der Waals surface area contributed by atoms with Crippen molar-refractivity contribution >= 4 is 11.8 Å². The number of benzene rings is 2. The SMILES string of the molecule is Cc1ccc(C(=O)N2CCN(C(=O)CNC(c3ccccc3)C(F)(F)F)CC2)cc1F. The molecule has 2 aromatic carbocycles.